The predicted molar refractivity (Wildman–Crippen MR) is 72.0 cm³/mol. The molecule has 0 amide bonds. The number of nitrogens with zero attached hydrogens (tertiary/aromatic N) is 4. The molecule has 1 aliphatic heterocycles. The zero-order chi connectivity index (χ0) is 14.6. The minimum Gasteiger partial charge on any atom is -0.288 e. The summed E-state index contributed by atoms with van der Waals surface area (Å²) in [6, 6.07) is 10.0. The van der Waals surface area contributed by atoms with Crippen LogP contribution < -0.4 is 0 Å². The van der Waals surface area contributed by atoms with Crippen LogP contribution in [0.2, 0.25) is 0 Å². The quantitative estimate of drug-likeness (QED) is 0.751. The van der Waals surface area contributed by atoms with E-state index in [1.165, 1.54) is 16.4 Å². The van der Waals surface area contributed by atoms with Crippen molar-refractivity contribution in [3.63, 3.8) is 0 Å². The van der Waals surface area contributed by atoms with Gasteiger partial charge in [0.2, 0.25) is 10.0 Å². The van der Waals surface area contributed by atoms with Crippen molar-refractivity contribution in [3.05, 3.63) is 29.8 Å². The van der Waals surface area contributed by atoms with Crippen LogP contribution in [0, 0.1) is 22.7 Å². The molecule has 2 rings (SSSR count). The second-order valence-electron chi connectivity index (χ2n) is 4.48. The normalized spacial score (nSPS) is 17.3. The molecule has 1 aromatic carbocycles. The highest BCUT2D eigenvalue weighted by Gasteiger charge is 2.28. The third-order valence-electron chi connectivity index (χ3n) is 3.23. The van der Waals surface area contributed by atoms with Crippen LogP contribution in [-0.4, -0.2) is 50.3 Å². The summed E-state index contributed by atoms with van der Waals surface area (Å²) in [6.45, 7) is 2.13. The lowest BCUT2D eigenvalue weighted by Gasteiger charge is -2.32. The zero-order valence-corrected chi connectivity index (χ0v) is 11.7. The summed E-state index contributed by atoms with van der Waals surface area (Å²) in [5, 5.41) is 17.5. The van der Waals surface area contributed by atoms with Crippen LogP contribution in [0.15, 0.2) is 29.2 Å². The zero-order valence-electron chi connectivity index (χ0n) is 10.9. The van der Waals surface area contributed by atoms with E-state index >= 15 is 0 Å². The van der Waals surface area contributed by atoms with Gasteiger partial charge in [-0.2, -0.15) is 14.8 Å². The van der Waals surface area contributed by atoms with Crippen LogP contribution >= 0.6 is 0 Å². The molecule has 0 spiro atoms. The molecular weight excluding hydrogens is 276 g/mol. The Balaban J connectivity index is 2.16. The fraction of sp³-hybridized carbons (Fsp3) is 0.385. The smallest absolute Gasteiger partial charge is 0.243 e. The van der Waals surface area contributed by atoms with Gasteiger partial charge in [-0.25, -0.2) is 8.42 Å². The molecule has 1 saturated heterocycles. The van der Waals surface area contributed by atoms with Gasteiger partial charge in [0.05, 0.1) is 29.1 Å². The van der Waals surface area contributed by atoms with Crippen LogP contribution in [0.5, 0.6) is 0 Å². The van der Waals surface area contributed by atoms with E-state index in [0.717, 1.165) is 0 Å². The van der Waals surface area contributed by atoms with Crippen LogP contribution in [0.25, 0.3) is 0 Å². The predicted octanol–water partition coefficient (Wildman–Crippen LogP) is 0.388. The van der Waals surface area contributed by atoms with Gasteiger partial charge in [-0.3, -0.25) is 4.90 Å². The molecule has 0 atom stereocenters. The lowest BCUT2D eigenvalue weighted by atomic mass is 10.2. The summed E-state index contributed by atoms with van der Waals surface area (Å²) in [7, 11) is -3.56. The Labute approximate surface area is 118 Å². The molecule has 0 unspecified atom stereocenters. The van der Waals surface area contributed by atoms with E-state index < -0.39 is 10.0 Å². The Morgan fingerprint density at radius 2 is 1.85 bits per heavy atom. The third kappa shape index (κ3) is 2.97. The number of hydrogen-bond acceptors (Lipinski definition) is 5. The molecule has 0 aromatic heterocycles. The highest BCUT2D eigenvalue weighted by molar-refractivity contribution is 7.89. The third-order valence-corrected chi connectivity index (χ3v) is 5.12. The maximum atomic E-state index is 12.5. The number of hydrogen-bond donors (Lipinski definition) is 0. The van der Waals surface area contributed by atoms with Crippen LogP contribution in [0.1, 0.15) is 5.56 Å². The molecule has 0 saturated carbocycles. The van der Waals surface area contributed by atoms with Gasteiger partial charge in [0.1, 0.15) is 0 Å². The summed E-state index contributed by atoms with van der Waals surface area (Å²) >= 11 is 0. The Bertz CT molecular complexity index is 664. The van der Waals surface area contributed by atoms with Crippen LogP contribution in [-0.2, 0) is 10.0 Å². The van der Waals surface area contributed by atoms with Crippen molar-refractivity contribution < 1.29 is 8.42 Å². The van der Waals surface area contributed by atoms with Gasteiger partial charge in [-0.1, -0.05) is 6.07 Å². The van der Waals surface area contributed by atoms with Crippen molar-refractivity contribution in [2.45, 2.75) is 4.90 Å². The van der Waals surface area contributed by atoms with Gasteiger partial charge in [-0.05, 0) is 18.2 Å². The molecule has 7 heteroatoms. The minimum atomic E-state index is -3.56. The summed E-state index contributed by atoms with van der Waals surface area (Å²) in [4.78, 5) is 2.06. The molecule has 0 N–H and O–H groups in total. The van der Waals surface area contributed by atoms with Crippen molar-refractivity contribution in [1.29, 1.82) is 10.5 Å². The van der Waals surface area contributed by atoms with Gasteiger partial charge in [-0.15, -0.1) is 0 Å². The summed E-state index contributed by atoms with van der Waals surface area (Å²) in [6.07, 6.45) is 0. The van der Waals surface area contributed by atoms with E-state index in [-0.39, 0.29) is 4.90 Å². The fourth-order valence-corrected chi connectivity index (χ4v) is 3.57. The van der Waals surface area contributed by atoms with Crippen molar-refractivity contribution in [1.82, 2.24) is 9.21 Å². The molecule has 0 aliphatic carbocycles. The Hall–Kier alpha value is -1.93. The summed E-state index contributed by atoms with van der Waals surface area (Å²) in [5.41, 5.74) is 0.328. The molecule has 20 heavy (non-hydrogen) atoms. The highest BCUT2D eigenvalue weighted by atomic mass is 32.2. The maximum absolute atomic E-state index is 12.5. The second-order valence-corrected chi connectivity index (χ2v) is 6.42. The minimum absolute atomic E-state index is 0.144. The van der Waals surface area contributed by atoms with Gasteiger partial charge in [0, 0.05) is 26.2 Å². The van der Waals surface area contributed by atoms with E-state index in [1.807, 2.05) is 11.0 Å². The monoisotopic (exact) mass is 290 g/mol. The Morgan fingerprint density at radius 3 is 2.45 bits per heavy atom. The number of benzene rings is 1. The summed E-state index contributed by atoms with van der Waals surface area (Å²) < 4.78 is 26.3. The highest BCUT2D eigenvalue weighted by Crippen LogP contribution is 2.18. The van der Waals surface area contributed by atoms with E-state index in [1.54, 1.807) is 12.1 Å². The SMILES string of the molecule is N#CCN1CCN(S(=O)(=O)c2cccc(C#N)c2)CC1. The molecule has 1 aliphatic rings. The number of nitriles is 2. The molecule has 6 nitrogen and oxygen atoms in total. The van der Waals surface area contributed by atoms with Crippen molar-refractivity contribution in [2.75, 3.05) is 32.7 Å². The first-order chi connectivity index (χ1) is 9.57. The second kappa shape index (κ2) is 6.02. The Kier molecular flexibility index (Phi) is 4.35. The van der Waals surface area contributed by atoms with E-state index in [2.05, 4.69) is 6.07 Å². The molecule has 0 radical (unpaired) electrons. The van der Waals surface area contributed by atoms with E-state index in [9.17, 15) is 8.42 Å². The molecular formula is C13H14N4O2S. The van der Waals surface area contributed by atoms with E-state index in [0.29, 0.717) is 38.3 Å². The van der Waals surface area contributed by atoms with Crippen LogP contribution in [0.4, 0.5) is 0 Å². The summed E-state index contributed by atoms with van der Waals surface area (Å²) in [5.74, 6) is 0. The number of piperazine rings is 1. The molecule has 104 valence electrons. The number of rotatable bonds is 3. The van der Waals surface area contributed by atoms with Crippen molar-refractivity contribution in [2.24, 2.45) is 0 Å². The van der Waals surface area contributed by atoms with Crippen molar-refractivity contribution >= 4 is 10.0 Å². The van der Waals surface area contributed by atoms with Gasteiger partial charge >= 0.3 is 0 Å². The molecule has 1 heterocycles. The van der Waals surface area contributed by atoms with E-state index in [4.69, 9.17) is 10.5 Å². The Morgan fingerprint density at radius 1 is 1.15 bits per heavy atom. The average Bonchev–Trinajstić information content (AvgIpc) is 2.48. The lowest BCUT2D eigenvalue weighted by molar-refractivity contribution is 0.206. The first kappa shape index (κ1) is 14.5. The van der Waals surface area contributed by atoms with Crippen molar-refractivity contribution in [3.8, 4) is 12.1 Å². The first-order valence-electron chi connectivity index (χ1n) is 6.17. The molecule has 1 fully saturated rings. The maximum Gasteiger partial charge on any atom is 0.243 e. The molecule has 1 aromatic rings. The number of sulfonamides is 1. The van der Waals surface area contributed by atoms with Crippen LogP contribution in [0.3, 0.4) is 0 Å². The molecule has 0 bridgehead atoms. The topological polar surface area (TPSA) is 88.2 Å². The standard InChI is InChI=1S/C13H14N4O2S/c14-4-5-16-6-8-17(9-7-16)20(18,19)13-3-1-2-12(10-13)11-15/h1-3,10H,5-9H2. The largest absolute Gasteiger partial charge is 0.288 e. The lowest BCUT2D eigenvalue weighted by Crippen LogP contribution is -2.48. The average molecular weight is 290 g/mol. The van der Waals surface area contributed by atoms with Gasteiger partial charge < -0.3 is 0 Å². The fourth-order valence-electron chi connectivity index (χ4n) is 2.10. The first-order valence-corrected chi connectivity index (χ1v) is 7.61. The van der Waals surface area contributed by atoms with Gasteiger partial charge in [0.15, 0.2) is 0 Å². The van der Waals surface area contributed by atoms with Gasteiger partial charge in [0.25, 0.3) is 0 Å².